The van der Waals surface area contributed by atoms with E-state index < -0.39 is 30.1 Å². The van der Waals surface area contributed by atoms with E-state index in [4.69, 9.17) is 9.47 Å². The molecular formula is C27H28N2O6. The average Bonchev–Trinajstić information content (AvgIpc) is 2.88. The van der Waals surface area contributed by atoms with Crippen molar-refractivity contribution in [3.05, 3.63) is 102 Å². The Hall–Kier alpha value is -4.33. The molecule has 3 rings (SSSR count). The van der Waals surface area contributed by atoms with Crippen LogP contribution in [0.1, 0.15) is 16.7 Å². The van der Waals surface area contributed by atoms with Crippen LogP contribution in [0, 0.1) is 0 Å². The number of carbonyl (C=O) groups is 3. The monoisotopic (exact) mass is 476 g/mol. The van der Waals surface area contributed by atoms with Gasteiger partial charge >= 0.3 is 12.1 Å². The maximum absolute atomic E-state index is 13.2. The van der Waals surface area contributed by atoms with Crippen LogP contribution in [0.3, 0.4) is 0 Å². The first-order valence-corrected chi connectivity index (χ1v) is 11.1. The zero-order chi connectivity index (χ0) is 25.0. The van der Waals surface area contributed by atoms with Gasteiger partial charge in [0.2, 0.25) is 5.91 Å². The summed E-state index contributed by atoms with van der Waals surface area (Å²) in [6, 6.07) is 22.7. The Bertz CT molecular complexity index is 1100. The summed E-state index contributed by atoms with van der Waals surface area (Å²) >= 11 is 0. The van der Waals surface area contributed by atoms with E-state index in [9.17, 15) is 19.5 Å². The van der Waals surface area contributed by atoms with E-state index in [2.05, 4.69) is 10.6 Å². The molecule has 0 aliphatic heterocycles. The van der Waals surface area contributed by atoms with Gasteiger partial charge in [-0.05, 0) is 28.8 Å². The molecule has 35 heavy (non-hydrogen) atoms. The minimum Gasteiger partial charge on any atom is -0.508 e. The largest absolute Gasteiger partial charge is 0.508 e. The molecule has 0 saturated heterocycles. The molecule has 2 atom stereocenters. The Balaban J connectivity index is 1.71. The van der Waals surface area contributed by atoms with E-state index in [1.807, 2.05) is 60.7 Å². The molecule has 8 heteroatoms. The number of phenolic OH excluding ortho intramolecular Hbond substituents is 1. The van der Waals surface area contributed by atoms with Gasteiger partial charge in [0.25, 0.3) is 0 Å². The molecule has 0 spiro atoms. The van der Waals surface area contributed by atoms with Crippen molar-refractivity contribution in [3.63, 3.8) is 0 Å². The number of hydrogen-bond donors (Lipinski definition) is 3. The van der Waals surface area contributed by atoms with Gasteiger partial charge in [0.1, 0.15) is 24.4 Å². The Morgan fingerprint density at radius 2 is 1.29 bits per heavy atom. The lowest BCUT2D eigenvalue weighted by atomic mass is 10.0. The van der Waals surface area contributed by atoms with Crippen molar-refractivity contribution in [1.29, 1.82) is 0 Å². The molecule has 0 aromatic heterocycles. The van der Waals surface area contributed by atoms with E-state index in [1.165, 1.54) is 19.2 Å². The molecular weight excluding hydrogens is 448 g/mol. The molecule has 8 nitrogen and oxygen atoms in total. The molecule has 3 aromatic rings. The second-order valence-corrected chi connectivity index (χ2v) is 7.90. The molecule has 0 heterocycles. The van der Waals surface area contributed by atoms with E-state index >= 15 is 0 Å². The summed E-state index contributed by atoms with van der Waals surface area (Å²) in [5, 5.41) is 14.8. The van der Waals surface area contributed by atoms with Gasteiger partial charge in [0.15, 0.2) is 0 Å². The highest BCUT2D eigenvalue weighted by Crippen LogP contribution is 2.12. The molecule has 0 saturated carbocycles. The van der Waals surface area contributed by atoms with Gasteiger partial charge in [0.05, 0.1) is 7.11 Å². The first-order valence-electron chi connectivity index (χ1n) is 11.1. The highest BCUT2D eigenvalue weighted by Gasteiger charge is 2.28. The van der Waals surface area contributed by atoms with Gasteiger partial charge in [-0.15, -0.1) is 0 Å². The second-order valence-electron chi connectivity index (χ2n) is 7.90. The van der Waals surface area contributed by atoms with Gasteiger partial charge in [-0.1, -0.05) is 72.8 Å². The average molecular weight is 477 g/mol. The number of esters is 1. The Morgan fingerprint density at radius 3 is 1.89 bits per heavy atom. The smallest absolute Gasteiger partial charge is 0.408 e. The number of nitrogens with one attached hydrogen (secondary N) is 2. The number of phenols is 1. The lowest BCUT2D eigenvalue weighted by molar-refractivity contribution is -0.145. The van der Waals surface area contributed by atoms with Crippen LogP contribution >= 0.6 is 0 Å². The zero-order valence-electron chi connectivity index (χ0n) is 19.3. The minimum atomic E-state index is -0.993. The number of alkyl carbamates (subject to hydrolysis) is 1. The van der Waals surface area contributed by atoms with Crippen LogP contribution in [-0.4, -0.2) is 42.3 Å². The number of benzene rings is 3. The number of aromatic hydroxyl groups is 1. The fraction of sp³-hybridized carbons (Fsp3) is 0.222. The van der Waals surface area contributed by atoms with Crippen LogP contribution in [0.2, 0.25) is 0 Å². The van der Waals surface area contributed by atoms with Gasteiger partial charge in [-0.25, -0.2) is 9.59 Å². The molecule has 0 radical (unpaired) electrons. The number of rotatable bonds is 10. The molecule has 2 amide bonds. The molecule has 3 aromatic carbocycles. The predicted octanol–water partition coefficient (Wildman–Crippen LogP) is 3.13. The summed E-state index contributed by atoms with van der Waals surface area (Å²) in [5.74, 6) is -1.09. The number of carbonyl (C=O) groups excluding carboxylic acids is 3. The van der Waals surface area contributed by atoms with Crippen molar-refractivity contribution in [3.8, 4) is 5.75 Å². The standard InChI is InChI=1S/C27H28N2O6/c1-34-26(32)24(17-20-12-14-22(30)15-13-20)28-25(31)23(16-19-8-4-2-5-9-19)29-27(33)35-18-21-10-6-3-7-11-21/h2-15,23-24,30H,16-18H2,1H3,(H,28,31)(H,29,33). The molecule has 0 bridgehead atoms. The molecule has 182 valence electrons. The third-order valence-corrected chi connectivity index (χ3v) is 5.28. The molecule has 0 aliphatic rings. The third-order valence-electron chi connectivity index (χ3n) is 5.28. The zero-order valence-corrected chi connectivity index (χ0v) is 19.3. The third kappa shape index (κ3) is 8.19. The highest BCUT2D eigenvalue weighted by molar-refractivity contribution is 5.90. The van der Waals surface area contributed by atoms with E-state index in [1.54, 1.807) is 12.1 Å². The second kappa shape index (κ2) is 12.8. The van der Waals surface area contributed by atoms with Crippen LogP contribution in [0.25, 0.3) is 0 Å². The normalized spacial score (nSPS) is 12.1. The topological polar surface area (TPSA) is 114 Å². The minimum absolute atomic E-state index is 0.0536. The molecule has 3 N–H and O–H groups in total. The molecule has 0 fully saturated rings. The SMILES string of the molecule is COC(=O)C(Cc1ccc(O)cc1)NC(=O)C(Cc1ccccc1)NC(=O)OCc1ccccc1. The summed E-state index contributed by atoms with van der Waals surface area (Å²) in [7, 11) is 1.24. The van der Waals surface area contributed by atoms with E-state index in [-0.39, 0.29) is 25.2 Å². The van der Waals surface area contributed by atoms with Gasteiger partial charge in [-0.3, -0.25) is 4.79 Å². The Kier molecular flexibility index (Phi) is 9.24. The predicted molar refractivity (Wildman–Crippen MR) is 129 cm³/mol. The number of methoxy groups -OCH3 is 1. The maximum atomic E-state index is 13.2. The van der Waals surface area contributed by atoms with Crippen molar-refractivity contribution in [2.24, 2.45) is 0 Å². The summed E-state index contributed by atoms with van der Waals surface area (Å²) < 4.78 is 10.1. The van der Waals surface area contributed by atoms with E-state index in [0.717, 1.165) is 11.1 Å². The summed E-state index contributed by atoms with van der Waals surface area (Å²) in [6.07, 6.45) is -0.409. The summed E-state index contributed by atoms with van der Waals surface area (Å²) in [4.78, 5) is 38.1. The first-order chi connectivity index (χ1) is 16.9. The van der Waals surface area contributed by atoms with Crippen molar-refractivity contribution in [2.45, 2.75) is 31.5 Å². The van der Waals surface area contributed by atoms with Crippen LogP contribution in [0.15, 0.2) is 84.9 Å². The highest BCUT2D eigenvalue weighted by atomic mass is 16.5. The van der Waals surface area contributed by atoms with Crippen molar-refractivity contribution in [1.82, 2.24) is 10.6 Å². The van der Waals surface area contributed by atoms with Gasteiger partial charge in [-0.2, -0.15) is 0 Å². The Morgan fingerprint density at radius 1 is 0.743 bits per heavy atom. The molecule has 0 aliphatic carbocycles. The lowest BCUT2D eigenvalue weighted by Gasteiger charge is -2.22. The van der Waals surface area contributed by atoms with Gasteiger partial charge < -0.3 is 25.2 Å². The lowest BCUT2D eigenvalue weighted by Crippen LogP contribution is -2.53. The fourth-order valence-corrected chi connectivity index (χ4v) is 3.44. The first kappa shape index (κ1) is 25.3. The van der Waals surface area contributed by atoms with Crippen molar-refractivity contribution < 1.29 is 29.0 Å². The van der Waals surface area contributed by atoms with Crippen LogP contribution < -0.4 is 10.6 Å². The van der Waals surface area contributed by atoms with E-state index in [0.29, 0.717) is 5.56 Å². The van der Waals surface area contributed by atoms with Crippen molar-refractivity contribution in [2.75, 3.05) is 7.11 Å². The summed E-state index contributed by atoms with van der Waals surface area (Å²) in [6.45, 7) is 0.0536. The van der Waals surface area contributed by atoms with Crippen molar-refractivity contribution >= 4 is 18.0 Å². The summed E-state index contributed by atoms with van der Waals surface area (Å²) in [5.41, 5.74) is 2.35. The maximum Gasteiger partial charge on any atom is 0.408 e. The number of ether oxygens (including phenoxy) is 2. The number of amides is 2. The fourth-order valence-electron chi connectivity index (χ4n) is 3.44. The quantitative estimate of drug-likeness (QED) is 0.388. The molecule has 2 unspecified atom stereocenters. The van der Waals surface area contributed by atoms with Gasteiger partial charge in [0, 0.05) is 12.8 Å². The van der Waals surface area contributed by atoms with Crippen LogP contribution in [0.5, 0.6) is 5.75 Å². The van der Waals surface area contributed by atoms with Crippen LogP contribution in [-0.2, 0) is 38.5 Å². The number of hydrogen-bond acceptors (Lipinski definition) is 6. The van der Waals surface area contributed by atoms with Crippen LogP contribution in [0.4, 0.5) is 4.79 Å². The Labute approximate surface area is 203 Å².